The minimum atomic E-state index is 0.618. The van der Waals surface area contributed by atoms with E-state index in [-0.39, 0.29) is 0 Å². The van der Waals surface area contributed by atoms with Crippen molar-refractivity contribution in [3.8, 4) is 16.3 Å². The largest absolute Gasteiger partial charge is 0.493 e. The van der Waals surface area contributed by atoms with E-state index >= 15 is 0 Å². The summed E-state index contributed by atoms with van der Waals surface area (Å²) in [5, 5.41) is 10.2. The standard InChI is InChI=1S/C15H16N4OS/c16-12-4-1-5-13(10-12)20-8-3-7-19-14(11-17-18-19)15-6-2-9-21-15/h1-2,4-6,9-11H,3,7-8,16H2. The molecule has 0 spiro atoms. The van der Waals surface area contributed by atoms with Crippen molar-refractivity contribution in [3.63, 3.8) is 0 Å². The second kappa shape index (κ2) is 6.41. The van der Waals surface area contributed by atoms with E-state index in [1.54, 1.807) is 17.5 Å². The highest BCUT2D eigenvalue weighted by atomic mass is 32.1. The summed E-state index contributed by atoms with van der Waals surface area (Å²) in [6.07, 6.45) is 2.65. The Morgan fingerprint density at radius 3 is 3.00 bits per heavy atom. The summed E-state index contributed by atoms with van der Waals surface area (Å²) in [4.78, 5) is 1.18. The Hall–Kier alpha value is -2.34. The minimum Gasteiger partial charge on any atom is -0.493 e. The Balaban J connectivity index is 1.53. The van der Waals surface area contributed by atoms with Crippen LogP contribution in [-0.4, -0.2) is 21.6 Å². The van der Waals surface area contributed by atoms with Gasteiger partial charge in [0.1, 0.15) is 5.75 Å². The number of anilines is 1. The number of nitrogens with zero attached hydrogens (tertiary/aromatic N) is 3. The molecule has 3 aromatic rings. The van der Waals surface area contributed by atoms with Gasteiger partial charge in [0.25, 0.3) is 0 Å². The molecule has 0 saturated heterocycles. The molecule has 0 bridgehead atoms. The first-order chi connectivity index (χ1) is 10.3. The van der Waals surface area contributed by atoms with Crippen LogP contribution in [0.1, 0.15) is 6.42 Å². The number of rotatable bonds is 6. The van der Waals surface area contributed by atoms with Crippen molar-refractivity contribution >= 4 is 17.0 Å². The zero-order chi connectivity index (χ0) is 14.5. The Labute approximate surface area is 127 Å². The van der Waals surface area contributed by atoms with Gasteiger partial charge in [0.05, 0.1) is 23.4 Å². The van der Waals surface area contributed by atoms with Crippen molar-refractivity contribution < 1.29 is 4.74 Å². The SMILES string of the molecule is Nc1cccc(OCCCn2nncc2-c2cccs2)c1. The summed E-state index contributed by atoms with van der Waals surface area (Å²) in [5.74, 6) is 0.798. The molecule has 108 valence electrons. The summed E-state index contributed by atoms with van der Waals surface area (Å²) in [5.41, 5.74) is 7.47. The highest BCUT2D eigenvalue weighted by Crippen LogP contribution is 2.23. The summed E-state index contributed by atoms with van der Waals surface area (Å²) >= 11 is 1.69. The molecule has 0 amide bonds. The molecule has 3 rings (SSSR count). The van der Waals surface area contributed by atoms with Gasteiger partial charge in [0, 0.05) is 24.7 Å². The predicted molar refractivity (Wildman–Crippen MR) is 84.3 cm³/mol. The van der Waals surface area contributed by atoms with Gasteiger partial charge in [-0.15, -0.1) is 16.4 Å². The lowest BCUT2D eigenvalue weighted by Crippen LogP contribution is -2.07. The van der Waals surface area contributed by atoms with Crippen LogP contribution < -0.4 is 10.5 Å². The number of thiophene rings is 1. The molecule has 0 aliphatic carbocycles. The van der Waals surface area contributed by atoms with Crippen molar-refractivity contribution in [1.82, 2.24) is 15.0 Å². The van der Waals surface area contributed by atoms with Crippen LogP contribution in [0.4, 0.5) is 5.69 Å². The number of nitrogens with two attached hydrogens (primary N) is 1. The molecule has 2 heterocycles. The minimum absolute atomic E-state index is 0.618. The van der Waals surface area contributed by atoms with E-state index in [4.69, 9.17) is 10.5 Å². The van der Waals surface area contributed by atoms with Gasteiger partial charge < -0.3 is 10.5 Å². The third kappa shape index (κ3) is 3.41. The van der Waals surface area contributed by atoms with E-state index < -0.39 is 0 Å². The van der Waals surface area contributed by atoms with Crippen molar-refractivity contribution in [2.24, 2.45) is 0 Å². The molecular weight excluding hydrogens is 284 g/mol. The maximum Gasteiger partial charge on any atom is 0.121 e. The first kappa shape index (κ1) is 13.6. The number of ether oxygens (including phenoxy) is 1. The number of nitrogen functional groups attached to an aromatic ring is 1. The van der Waals surface area contributed by atoms with Crippen molar-refractivity contribution in [3.05, 3.63) is 48.0 Å². The van der Waals surface area contributed by atoms with E-state index in [1.807, 2.05) is 35.0 Å². The second-order valence-electron chi connectivity index (χ2n) is 4.59. The maximum absolute atomic E-state index is 5.71. The van der Waals surface area contributed by atoms with E-state index in [1.165, 1.54) is 4.88 Å². The molecule has 21 heavy (non-hydrogen) atoms. The highest BCUT2D eigenvalue weighted by Gasteiger charge is 2.07. The number of hydrogen-bond acceptors (Lipinski definition) is 5. The molecule has 2 aromatic heterocycles. The number of aryl methyl sites for hydroxylation is 1. The van der Waals surface area contributed by atoms with Gasteiger partial charge >= 0.3 is 0 Å². The normalized spacial score (nSPS) is 10.7. The number of aromatic nitrogens is 3. The van der Waals surface area contributed by atoms with Crippen molar-refractivity contribution in [2.75, 3.05) is 12.3 Å². The zero-order valence-corrected chi connectivity index (χ0v) is 12.3. The molecule has 0 atom stereocenters. The molecule has 1 aromatic carbocycles. The van der Waals surface area contributed by atoms with Crippen molar-refractivity contribution in [2.45, 2.75) is 13.0 Å². The van der Waals surface area contributed by atoms with Crippen LogP contribution in [0.15, 0.2) is 48.0 Å². The average molecular weight is 300 g/mol. The lowest BCUT2D eigenvalue weighted by atomic mass is 10.3. The molecule has 2 N–H and O–H groups in total. The Morgan fingerprint density at radius 2 is 2.19 bits per heavy atom. The first-order valence-corrected chi connectivity index (χ1v) is 7.61. The van der Waals surface area contributed by atoms with Crippen LogP contribution in [0, 0.1) is 0 Å². The lowest BCUT2D eigenvalue weighted by molar-refractivity contribution is 0.298. The molecule has 0 saturated carbocycles. The van der Waals surface area contributed by atoms with Gasteiger partial charge in [-0.05, 0) is 23.6 Å². The fourth-order valence-corrected chi connectivity index (χ4v) is 2.79. The summed E-state index contributed by atoms with van der Waals surface area (Å²) in [6.45, 7) is 1.39. The van der Waals surface area contributed by atoms with Crippen LogP contribution in [0.25, 0.3) is 10.6 Å². The smallest absolute Gasteiger partial charge is 0.121 e. The average Bonchev–Trinajstić information content (AvgIpc) is 3.14. The lowest BCUT2D eigenvalue weighted by Gasteiger charge is -2.08. The number of benzene rings is 1. The molecule has 0 radical (unpaired) electrons. The van der Waals surface area contributed by atoms with Crippen LogP contribution in [0.5, 0.6) is 5.75 Å². The van der Waals surface area contributed by atoms with E-state index in [2.05, 4.69) is 21.8 Å². The Bertz CT molecular complexity index is 693. The molecule has 0 aliphatic heterocycles. The summed E-state index contributed by atoms with van der Waals surface area (Å²) in [6, 6.07) is 11.6. The molecule has 5 nitrogen and oxygen atoms in total. The Kier molecular flexibility index (Phi) is 4.16. The molecular formula is C15H16N4OS. The van der Waals surface area contributed by atoms with Gasteiger partial charge in [0.2, 0.25) is 0 Å². The van der Waals surface area contributed by atoms with Crippen molar-refractivity contribution in [1.29, 1.82) is 0 Å². The quantitative estimate of drug-likeness (QED) is 0.561. The fraction of sp³-hybridized carbons (Fsp3) is 0.200. The highest BCUT2D eigenvalue weighted by molar-refractivity contribution is 7.13. The van der Waals surface area contributed by atoms with Crippen LogP contribution in [-0.2, 0) is 6.54 Å². The third-order valence-electron chi connectivity index (χ3n) is 3.03. The molecule has 0 fully saturated rings. The van der Waals surface area contributed by atoms with Crippen LogP contribution >= 0.6 is 11.3 Å². The van der Waals surface area contributed by atoms with E-state index in [0.29, 0.717) is 12.3 Å². The van der Waals surface area contributed by atoms with Gasteiger partial charge in [-0.25, -0.2) is 4.68 Å². The topological polar surface area (TPSA) is 66.0 Å². The zero-order valence-electron chi connectivity index (χ0n) is 11.5. The van der Waals surface area contributed by atoms with E-state index in [0.717, 1.165) is 24.4 Å². The number of hydrogen-bond donors (Lipinski definition) is 1. The van der Waals surface area contributed by atoms with Gasteiger partial charge in [-0.3, -0.25) is 0 Å². The van der Waals surface area contributed by atoms with Gasteiger partial charge in [-0.1, -0.05) is 17.3 Å². The van der Waals surface area contributed by atoms with Gasteiger partial charge in [0.15, 0.2) is 0 Å². The first-order valence-electron chi connectivity index (χ1n) is 6.73. The predicted octanol–water partition coefficient (Wildman–Crippen LogP) is 3.06. The monoisotopic (exact) mass is 300 g/mol. The third-order valence-corrected chi connectivity index (χ3v) is 3.92. The summed E-state index contributed by atoms with van der Waals surface area (Å²) < 4.78 is 7.59. The van der Waals surface area contributed by atoms with Crippen LogP contribution in [0.2, 0.25) is 0 Å². The fourth-order valence-electron chi connectivity index (χ4n) is 2.05. The molecule has 6 heteroatoms. The maximum atomic E-state index is 5.71. The molecule has 0 unspecified atom stereocenters. The van der Waals surface area contributed by atoms with Gasteiger partial charge in [-0.2, -0.15) is 0 Å². The van der Waals surface area contributed by atoms with E-state index in [9.17, 15) is 0 Å². The summed E-state index contributed by atoms with van der Waals surface area (Å²) in [7, 11) is 0. The second-order valence-corrected chi connectivity index (χ2v) is 5.54. The molecule has 0 aliphatic rings. The Morgan fingerprint density at radius 1 is 1.24 bits per heavy atom. The van der Waals surface area contributed by atoms with Crippen LogP contribution in [0.3, 0.4) is 0 Å².